The number of rotatable bonds is 5. The third-order valence-electron chi connectivity index (χ3n) is 3.83. The van der Waals surface area contributed by atoms with E-state index >= 15 is 0 Å². The normalized spacial score (nSPS) is 10.7. The third kappa shape index (κ3) is 6.28. The molecule has 0 heterocycles. The fourth-order valence-corrected chi connectivity index (χ4v) is 2.85. The summed E-state index contributed by atoms with van der Waals surface area (Å²) in [5, 5.41) is 5.97. The van der Waals surface area contributed by atoms with Gasteiger partial charge in [0, 0.05) is 44.3 Å². The molecule has 7 heteroatoms. The Morgan fingerprint density at radius 1 is 1.15 bits per heavy atom. The van der Waals surface area contributed by atoms with Gasteiger partial charge in [-0.25, -0.2) is 0 Å². The molecule has 2 aromatic rings. The van der Waals surface area contributed by atoms with E-state index in [0.717, 1.165) is 22.5 Å². The quantitative estimate of drug-likeness (QED) is 0.352. The van der Waals surface area contributed by atoms with Crippen LogP contribution in [0.3, 0.4) is 0 Å². The molecular weight excluding hydrogens is 507 g/mol. The number of nitrogens with zero attached hydrogens (tertiary/aromatic N) is 2. The zero-order valence-electron chi connectivity index (χ0n) is 15.1. The number of hydrogen-bond acceptors (Lipinski definition) is 2. The Bertz CT molecular complexity index is 749. The Morgan fingerprint density at radius 2 is 1.81 bits per heavy atom. The lowest BCUT2D eigenvalue weighted by Gasteiger charge is -2.22. The number of amides is 1. The molecule has 0 atom stereocenters. The van der Waals surface area contributed by atoms with Crippen molar-refractivity contribution in [3.8, 4) is 0 Å². The van der Waals surface area contributed by atoms with Crippen molar-refractivity contribution in [2.24, 2.45) is 4.99 Å². The second-order valence-electron chi connectivity index (χ2n) is 5.62. The molecule has 0 fully saturated rings. The average Bonchev–Trinajstić information content (AvgIpc) is 2.64. The predicted molar refractivity (Wildman–Crippen MR) is 121 cm³/mol. The minimum atomic E-state index is -0.0801. The van der Waals surface area contributed by atoms with Gasteiger partial charge in [0.05, 0.1) is 0 Å². The van der Waals surface area contributed by atoms with E-state index in [0.29, 0.717) is 12.1 Å². The molecule has 0 spiro atoms. The fourth-order valence-electron chi connectivity index (χ4n) is 2.44. The minimum absolute atomic E-state index is 0. The van der Waals surface area contributed by atoms with Crippen molar-refractivity contribution in [1.29, 1.82) is 0 Å². The lowest BCUT2D eigenvalue weighted by atomic mass is 10.1. The molecule has 2 rings (SSSR count). The number of halogens is 2. The van der Waals surface area contributed by atoms with Crippen LogP contribution in [-0.4, -0.2) is 37.9 Å². The van der Waals surface area contributed by atoms with Crippen LogP contribution in [0.2, 0.25) is 0 Å². The van der Waals surface area contributed by atoms with Gasteiger partial charge < -0.3 is 15.5 Å². The maximum atomic E-state index is 11.6. The van der Waals surface area contributed by atoms with E-state index < -0.39 is 0 Å². The first-order valence-electron chi connectivity index (χ1n) is 8.01. The van der Waals surface area contributed by atoms with Crippen LogP contribution in [0.15, 0.2) is 58.0 Å². The van der Waals surface area contributed by atoms with Crippen molar-refractivity contribution in [2.45, 2.75) is 13.1 Å². The van der Waals surface area contributed by atoms with Gasteiger partial charge in [0.1, 0.15) is 0 Å². The topological polar surface area (TPSA) is 56.7 Å². The van der Waals surface area contributed by atoms with Gasteiger partial charge >= 0.3 is 0 Å². The van der Waals surface area contributed by atoms with Gasteiger partial charge in [0.25, 0.3) is 5.91 Å². The van der Waals surface area contributed by atoms with Crippen LogP contribution in [0.25, 0.3) is 0 Å². The van der Waals surface area contributed by atoms with Crippen LogP contribution in [-0.2, 0) is 13.1 Å². The van der Waals surface area contributed by atoms with Crippen molar-refractivity contribution in [2.75, 3.05) is 21.1 Å². The lowest BCUT2D eigenvalue weighted by molar-refractivity contribution is 0.0963. The second kappa shape index (κ2) is 11.2. The SMILES string of the molecule is CN=C(NCc1ccc(C(=O)NC)cc1)N(C)Cc1ccccc1Br.I. The van der Waals surface area contributed by atoms with Crippen LogP contribution < -0.4 is 10.6 Å². The number of carbonyl (C=O) groups excluding carboxylic acids is 1. The van der Waals surface area contributed by atoms with E-state index in [1.54, 1.807) is 14.1 Å². The van der Waals surface area contributed by atoms with Gasteiger partial charge in [-0.1, -0.05) is 46.3 Å². The summed E-state index contributed by atoms with van der Waals surface area (Å²) < 4.78 is 1.09. The molecule has 26 heavy (non-hydrogen) atoms. The number of hydrogen-bond donors (Lipinski definition) is 2. The van der Waals surface area contributed by atoms with Gasteiger partial charge in [0.15, 0.2) is 5.96 Å². The maximum Gasteiger partial charge on any atom is 0.251 e. The van der Waals surface area contributed by atoms with Crippen molar-refractivity contribution in [1.82, 2.24) is 15.5 Å². The van der Waals surface area contributed by atoms with Crippen molar-refractivity contribution in [3.63, 3.8) is 0 Å². The van der Waals surface area contributed by atoms with E-state index in [2.05, 4.69) is 42.5 Å². The standard InChI is InChI=1S/C19H23BrN4O.HI/c1-21-18(25)15-10-8-14(9-11-15)12-23-19(22-2)24(3)13-16-6-4-5-7-17(16)20;/h4-11H,12-13H2,1-3H3,(H,21,25)(H,22,23);1H. The largest absolute Gasteiger partial charge is 0.355 e. The number of benzene rings is 2. The second-order valence-corrected chi connectivity index (χ2v) is 6.48. The highest BCUT2D eigenvalue weighted by atomic mass is 127. The summed E-state index contributed by atoms with van der Waals surface area (Å²) in [4.78, 5) is 18.0. The number of nitrogens with one attached hydrogen (secondary N) is 2. The zero-order valence-corrected chi connectivity index (χ0v) is 19.0. The zero-order chi connectivity index (χ0) is 18.2. The number of carbonyl (C=O) groups is 1. The first kappa shape index (κ1) is 22.4. The molecule has 140 valence electrons. The Kier molecular flexibility index (Phi) is 9.64. The molecule has 2 N–H and O–H groups in total. The summed E-state index contributed by atoms with van der Waals surface area (Å²) >= 11 is 3.58. The Morgan fingerprint density at radius 3 is 2.38 bits per heavy atom. The average molecular weight is 531 g/mol. The highest BCUT2D eigenvalue weighted by Crippen LogP contribution is 2.17. The van der Waals surface area contributed by atoms with E-state index in [4.69, 9.17) is 0 Å². The van der Waals surface area contributed by atoms with Crippen molar-refractivity contribution in [3.05, 3.63) is 69.7 Å². The van der Waals surface area contributed by atoms with Crippen LogP contribution >= 0.6 is 39.9 Å². The molecule has 0 aliphatic carbocycles. The van der Waals surface area contributed by atoms with E-state index in [-0.39, 0.29) is 29.9 Å². The smallest absolute Gasteiger partial charge is 0.251 e. The van der Waals surface area contributed by atoms with Gasteiger partial charge in [-0.15, -0.1) is 24.0 Å². The Hall–Kier alpha value is -1.61. The maximum absolute atomic E-state index is 11.6. The molecule has 5 nitrogen and oxygen atoms in total. The Labute approximate surface area is 180 Å². The first-order chi connectivity index (χ1) is 12.0. The van der Waals surface area contributed by atoms with Gasteiger partial charge in [-0.05, 0) is 29.3 Å². The molecule has 0 saturated heterocycles. The van der Waals surface area contributed by atoms with Gasteiger partial charge in [0.2, 0.25) is 0 Å². The fraction of sp³-hybridized carbons (Fsp3) is 0.263. The molecule has 2 aromatic carbocycles. The molecule has 1 amide bonds. The summed E-state index contributed by atoms with van der Waals surface area (Å²) in [6, 6.07) is 15.7. The summed E-state index contributed by atoms with van der Waals surface area (Å²) in [6.07, 6.45) is 0. The van der Waals surface area contributed by atoms with Crippen LogP contribution in [0.4, 0.5) is 0 Å². The summed E-state index contributed by atoms with van der Waals surface area (Å²) in [5.41, 5.74) is 2.94. The third-order valence-corrected chi connectivity index (χ3v) is 4.61. The summed E-state index contributed by atoms with van der Waals surface area (Å²) in [7, 11) is 5.40. The number of aliphatic imine (C=N–C) groups is 1. The first-order valence-corrected chi connectivity index (χ1v) is 8.80. The van der Waals surface area contributed by atoms with Crippen LogP contribution in [0.1, 0.15) is 21.5 Å². The van der Waals surface area contributed by atoms with Crippen molar-refractivity contribution >= 4 is 51.8 Å². The Balaban J connectivity index is 0.00000338. The van der Waals surface area contributed by atoms with E-state index in [1.165, 1.54) is 5.56 Å². The summed E-state index contributed by atoms with van der Waals surface area (Å²) in [6.45, 7) is 1.39. The van der Waals surface area contributed by atoms with Gasteiger partial charge in [-0.2, -0.15) is 0 Å². The molecule has 0 aliphatic rings. The number of guanidine groups is 1. The predicted octanol–water partition coefficient (Wildman–Crippen LogP) is 3.63. The van der Waals surface area contributed by atoms with E-state index in [1.807, 2.05) is 49.5 Å². The highest BCUT2D eigenvalue weighted by molar-refractivity contribution is 14.0. The van der Waals surface area contributed by atoms with Crippen LogP contribution in [0, 0.1) is 0 Å². The summed E-state index contributed by atoms with van der Waals surface area (Å²) in [5.74, 6) is 0.731. The molecule has 0 unspecified atom stereocenters. The highest BCUT2D eigenvalue weighted by Gasteiger charge is 2.09. The van der Waals surface area contributed by atoms with E-state index in [9.17, 15) is 4.79 Å². The molecule has 0 aliphatic heterocycles. The lowest BCUT2D eigenvalue weighted by Crippen LogP contribution is -2.38. The van der Waals surface area contributed by atoms with Crippen LogP contribution in [0.5, 0.6) is 0 Å². The monoisotopic (exact) mass is 530 g/mol. The molecule has 0 bridgehead atoms. The molecule has 0 radical (unpaired) electrons. The molecule has 0 aromatic heterocycles. The molecule has 0 saturated carbocycles. The van der Waals surface area contributed by atoms with Gasteiger partial charge in [-0.3, -0.25) is 9.79 Å². The van der Waals surface area contributed by atoms with Crippen molar-refractivity contribution < 1.29 is 4.79 Å². The minimum Gasteiger partial charge on any atom is -0.355 e. The molecular formula is C19H24BrIN4O.